The van der Waals surface area contributed by atoms with Crippen molar-refractivity contribution in [3.63, 3.8) is 0 Å². The fraction of sp³-hybridized carbons (Fsp3) is 0.733. The predicted octanol–water partition coefficient (Wildman–Crippen LogP) is 2.11. The van der Waals surface area contributed by atoms with Crippen LogP contribution in [0.15, 0.2) is 17.2 Å². The van der Waals surface area contributed by atoms with Crippen molar-refractivity contribution in [3.05, 3.63) is 22.7 Å². The van der Waals surface area contributed by atoms with E-state index in [0.29, 0.717) is 24.7 Å². The molecule has 1 heterocycles. The van der Waals surface area contributed by atoms with Gasteiger partial charge in [-0.25, -0.2) is 4.98 Å². The summed E-state index contributed by atoms with van der Waals surface area (Å²) in [5.74, 6) is 0.764. The molecule has 5 heteroatoms. The van der Waals surface area contributed by atoms with Gasteiger partial charge in [0.2, 0.25) is 0 Å². The molecular formula is C15H27N3O2. The van der Waals surface area contributed by atoms with Crippen LogP contribution in [0.5, 0.6) is 0 Å². The second kappa shape index (κ2) is 6.88. The summed E-state index contributed by atoms with van der Waals surface area (Å²) in [6, 6.07) is 0.00241. The molecule has 1 aromatic heterocycles. The number of nitrogens with zero attached hydrogens (tertiary/aromatic N) is 2. The van der Waals surface area contributed by atoms with Crippen LogP contribution < -0.4 is 10.9 Å². The molecule has 1 rings (SSSR count). The summed E-state index contributed by atoms with van der Waals surface area (Å²) < 4.78 is 1.68. The highest BCUT2D eigenvalue weighted by Crippen LogP contribution is 2.23. The zero-order valence-corrected chi connectivity index (χ0v) is 13.2. The minimum atomic E-state index is -0.103. The highest BCUT2D eigenvalue weighted by Gasteiger charge is 2.25. The standard InChI is InChI=1S/C15H27N3O2/c1-11(2)10-18-8-7-16-13(14(18)20)17-12(6-9-19)15(3,4)5/h7-8,11-12,19H,6,9-10H2,1-5H3,(H,16,17). The van der Waals surface area contributed by atoms with Crippen molar-refractivity contribution in [2.75, 3.05) is 11.9 Å². The average molecular weight is 281 g/mol. The van der Waals surface area contributed by atoms with Crippen LogP contribution in [0.4, 0.5) is 5.82 Å². The third-order valence-electron chi connectivity index (χ3n) is 3.25. The van der Waals surface area contributed by atoms with Gasteiger partial charge in [-0.3, -0.25) is 4.79 Å². The monoisotopic (exact) mass is 281 g/mol. The van der Waals surface area contributed by atoms with Crippen molar-refractivity contribution >= 4 is 5.82 Å². The lowest BCUT2D eigenvalue weighted by atomic mass is 9.85. The number of rotatable bonds is 6. The van der Waals surface area contributed by atoms with E-state index in [1.165, 1.54) is 0 Å². The molecule has 2 N–H and O–H groups in total. The fourth-order valence-electron chi connectivity index (χ4n) is 2.10. The molecule has 0 amide bonds. The Bertz CT molecular complexity index is 475. The molecule has 0 aliphatic carbocycles. The number of aromatic nitrogens is 2. The molecule has 0 aliphatic rings. The molecule has 0 radical (unpaired) electrons. The Balaban J connectivity index is 2.99. The van der Waals surface area contributed by atoms with Crippen molar-refractivity contribution in [2.45, 2.75) is 53.6 Å². The largest absolute Gasteiger partial charge is 0.396 e. The normalized spacial score (nSPS) is 13.6. The number of hydrogen-bond acceptors (Lipinski definition) is 4. The summed E-state index contributed by atoms with van der Waals surface area (Å²) in [6.07, 6.45) is 3.94. The van der Waals surface area contributed by atoms with E-state index in [1.807, 2.05) is 0 Å². The summed E-state index contributed by atoms with van der Waals surface area (Å²) in [5, 5.41) is 12.4. The van der Waals surface area contributed by atoms with Crippen LogP contribution in [0.1, 0.15) is 41.0 Å². The molecule has 0 saturated carbocycles. The van der Waals surface area contributed by atoms with Crippen molar-refractivity contribution in [1.82, 2.24) is 9.55 Å². The van der Waals surface area contributed by atoms with Gasteiger partial charge in [0.15, 0.2) is 5.82 Å². The summed E-state index contributed by atoms with van der Waals surface area (Å²) in [5.41, 5.74) is -0.163. The molecule has 0 spiro atoms. The molecule has 0 aliphatic heterocycles. The van der Waals surface area contributed by atoms with E-state index in [1.54, 1.807) is 17.0 Å². The summed E-state index contributed by atoms with van der Waals surface area (Å²) >= 11 is 0. The zero-order valence-electron chi connectivity index (χ0n) is 13.2. The molecule has 5 nitrogen and oxygen atoms in total. The first-order chi connectivity index (χ1) is 9.25. The van der Waals surface area contributed by atoms with Gasteiger partial charge in [-0.15, -0.1) is 0 Å². The minimum Gasteiger partial charge on any atom is -0.396 e. The second-order valence-electron chi connectivity index (χ2n) is 6.70. The number of aliphatic hydroxyl groups excluding tert-OH is 1. The predicted molar refractivity (Wildman–Crippen MR) is 81.9 cm³/mol. The van der Waals surface area contributed by atoms with Gasteiger partial charge >= 0.3 is 0 Å². The van der Waals surface area contributed by atoms with Gasteiger partial charge in [-0.1, -0.05) is 34.6 Å². The van der Waals surface area contributed by atoms with Crippen molar-refractivity contribution < 1.29 is 5.11 Å². The Morgan fingerprint density at radius 1 is 1.40 bits per heavy atom. The number of anilines is 1. The summed E-state index contributed by atoms with van der Waals surface area (Å²) in [7, 11) is 0. The molecule has 0 saturated heterocycles. The van der Waals surface area contributed by atoms with Crippen LogP contribution in [0.2, 0.25) is 0 Å². The summed E-state index contributed by atoms with van der Waals surface area (Å²) in [4.78, 5) is 16.5. The molecule has 1 unspecified atom stereocenters. The van der Waals surface area contributed by atoms with E-state index >= 15 is 0 Å². The van der Waals surface area contributed by atoms with Gasteiger partial charge in [-0.2, -0.15) is 0 Å². The lowest BCUT2D eigenvalue weighted by molar-refractivity contribution is 0.235. The van der Waals surface area contributed by atoms with Gasteiger partial charge in [0.1, 0.15) is 0 Å². The van der Waals surface area contributed by atoms with Crippen LogP contribution in [0.25, 0.3) is 0 Å². The molecule has 0 bridgehead atoms. The van der Waals surface area contributed by atoms with Crippen molar-refractivity contribution in [1.29, 1.82) is 0 Å². The van der Waals surface area contributed by atoms with E-state index in [0.717, 1.165) is 0 Å². The number of hydrogen-bond donors (Lipinski definition) is 2. The van der Waals surface area contributed by atoms with Crippen molar-refractivity contribution in [3.8, 4) is 0 Å². The van der Waals surface area contributed by atoms with Crippen LogP contribution in [0.3, 0.4) is 0 Å². The Labute approximate surface area is 121 Å². The SMILES string of the molecule is CC(C)Cn1ccnc(NC(CCO)C(C)(C)C)c1=O. The Morgan fingerprint density at radius 3 is 2.55 bits per heavy atom. The number of aliphatic hydroxyl groups is 1. The van der Waals surface area contributed by atoms with Crippen LogP contribution in [-0.4, -0.2) is 27.3 Å². The summed E-state index contributed by atoms with van der Waals surface area (Å²) in [6.45, 7) is 11.1. The van der Waals surface area contributed by atoms with Gasteiger partial charge in [0.25, 0.3) is 5.56 Å². The van der Waals surface area contributed by atoms with Crippen LogP contribution in [0, 0.1) is 11.3 Å². The average Bonchev–Trinajstić information content (AvgIpc) is 2.31. The molecule has 1 atom stereocenters. The minimum absolute atomic E-state index is 0.00241. The lowest BCUT2D eigenvalue weighted by Gasteiger charge is -2.31. The van der Waals surface area contributed by atoms with Gasteiger partial charge in [0, 0.05) is 31.6 Å². The zero-order chi connectivity index (χ0) is 15.3. The Morgan fingerprint density at radius 2 is 2.05 bits per heavy atom. The molecule has 1 aromatic rings. The van der Waals surface area contributed by atoms with Crippen molar-refractivity contribution in [2.24, 2.45) is 11.3 Å². The topological polar surface area (TPSA) is 67.2 Å². The third-order valence-corrected chi connectivity index (χ3v) is 3.25. The molecule has 20 heavy (non-hydrogen) atoms. The van der Waals surface area contributed by atoms with Gasteiger partial charge < -0.3 is 15.0 Å². The van der Waals surface area contributed by atoms with Crippen LogP contribution >= 0.6 is 0 Å². The van der Waals surface area contributed by atoms with E-state index < -0.39 is 0 Å². The first-order valence-electron chi connectivity index (χ1n) is 7.18. The maximum Gasteiger partial charge on any atom is 0.293 e. The smallest absolute Gasteiger partial charge is 0.293 e. The first kappa shape index (κ1) is 16.7. The quantitative estimate of drug-likeness (QED) is 0.838. The number of nitrogens with one attached hydrogen (secondary N) is 1. The fourth-order valence-corrected chi connectivity index (χ4v) is 2.10. The first-order valence-corrected chi connectivity index (χ1v) is 7.18. The highest BCUT2D eigenvalue weighted by molar-refractivity contribution is 5.33. The van der Waals surface area contributed by atoms with Crippen LogP contribution in [-0.2, 0) is 6.54 Å². The van der Waals surface area contributed by atoms with E-state index in [4.69, 9.17) is 0 Å². The molecular weight excluding hydrogens is 254 g/mol. The maximum absolute atomic E-state index is 12.3. The Kier molecular flexibility index (Phi) is 5.74. The lowest BCUT2D eigenvalue weighted by Crippen LogP contribution is -2.38. The third kappa shape index (κ3) is 4.63. The van der Waals surface area contributed by atoms with E-state index in [-0.39, 0.29) is 23.6 Å². The molecule has 114 valence electrons. The van der Waals surface area contributed by atoms with Gasteiger partial charge in [-0.05, 0) is 17.8 Å². The molecule has 0 fully saturated rings. The Hall–Kier alpha value is -1.36. The molecule has 0 aromatic carbocycles. The second-order valence-corrected chi connectivity index (χ2v) is 6.70. The van der Waals surface area contributed by atoms with E-state index in [9.17, 15) is 9.90 Å². The maximum atomic E-state index is 12.3. The highest BCUT2D eigenvalue weighted by atomic mass is 16.3. The van der Waals surface area contributed by atoms with Gasteiger partial charge in [0.05, 0.1) is 0 Å². The van der Waals surface area contributed by atoms with E-state index in [2.05, 4.69) is 44.9 Å².